The highest BCUT2D eigenvalue weighted by Crippen LogP contribution is 2.26. The monoisotopic (exact) mass is 231 g/mol. The van der Waals surface area contributed by atoms with Crippen LogP contribution in [0.2, 0.25) is 0 Å². The van der Waals surface area contributed by atoms with Crippen molar-refractivity contribution in [2.75, 3.05) is 5.73 Å². The van der Waals surface area contributed by atoms with Gasteiger partial charge in [-0.2, -0.15) is 0 Å². The second-order valence-corrected chi connectivity index (χ2v) is 4.82. The molecule has 0 radical (unpaired) electrons. The molecule has 0 aliphatic heterocycles. The van der Waals surface area contributed by atoms with Gasteiger partial charge in [0.05, 0.1) is 11.0 Å². The third-order valence-corrected chi connectivity index (χ3v) is 3.29. The first-order chi connectivity index (χ1) is 8.13. The number of benzene rings is 1. The van der Waals surface area contributed by atoms with E-state index in [4.69, 9.17) is 5.73 Å². The minimum atomic E-state index is 0.418. The van der Waals surface area contributed by atoms with E-state index < -0.39 is 0 Å². The predicted molar refractivity (Wildman–Crippen MR) is 73.1 cm³/mol. The van der Waals surface area contributed by atoms with Gasteiger partial charge in [0.1, 0.15) is 0 Å². The molecule has 0 spiro atoms. The Morgan fingerprint density at radius 2 is 2.18 bits per heavy atom. The molecule has 2 N–H and O–H groups in total. The van der Waals surface area contributed by atoms with Gasteiger partial charge in [0.25, 0.3) is 0 Å². The number of aryl methyl sites for hydroxylation is 1. The molecule has 1 atom stereocenters. The number of rotatable bonds is 4. The molecule has 0 fully saturated rings. The largest absolute Gasteiger partial charge is 0.369 e. The molecule has 0 amide bonds. The van der Waals surface area contributed by atoms with E-state index in [1.807, 2.05) is 6.07 Å². The van der Waals surface area contributed by atoms with Crippen LogP contribution in [0.25, 0.3) is 11.0 Å². The molecule has 0 aliphatic rings. The van der Waals surface area contributed by atoms with Gasteiger partial charge in [0.2, 0.25) is 5.95 Å². The molecule has 1 aromatic heterocycles. The molecular formula is C14H21N3. The maximum atomic E-state index is 6.03. The zero-order chi connectivity index (χ0) is 12.4. The zero-order valence-corrected chi connectivity index (χ0v) is 10.9. The second kappa shape index (κ2) is 4.78. The number of anilines is 1. The summed E-state index contributed by atoms with van der Waals surface area (Å²) < 4.78 is 2.16. The van der Waals surface area contributed by atoms with E-state index in [-0.39, 0.29) is 0 Å². The maximum Gasteiger partial charge on any atom is 0.201 e. The highest BCUT2D eigenvalue weighted by Gasteiger charge is 2.13. The minimum Gasteiger partial charge on any atom is -0.369 e. The van der Waals surface area contributed by atoms with E-state index in [2.05, 4.69) is 42.5 Å². The van der Waals surface area contributed by atoms with E-state index in [1.54, 1.807) is 0 Å². The Balaban J connectivity index is 2.44. The van der Waals surface area contributed by atoms with E-state index in [9.17, 15) is 0 Å². The summed E-state index contributed by atoms with van der Waals surface area (Å²) >= 11 is 0. The predicted octanol–water partition coefficient (Wildman–Crippen LogP) is 3.68. The van der Waals surface area contributed by atoms with Gasteiger partial charge in [0.15, 0.2) is 0 Å². The molecule has 3 nitrogen and oxygen atoms in total. The van der Waals surface area contributed by atoms with Crippen LogP contribution in [0, 0.1) is 6.92 Å². The molecule has 92 valence electrons. The van der Waals surface area contributed by atoms with Crippen molar-refractivity contribution in [3.63, 3.8) is 0 Å². The van der Waals surface area contributed by atoms with Crippen LogP contribution >= 0.6 is 0 Å². The van der Waals surface area contributed by atoms with E-state index >= 15 is 0 Å². The number of fused-ring (bicyclic) bond motifs is 1. The van der Waals surface area contributed by atoms with Gasteiger partial charge in [0, 0.05) is 6.04 Å². The first-order valence-electron chi connectivity index (χ1n) is 6.37. The Hall–Kier alpha value is -1.51. The molecule has 17 heavy (non-hydrogen) atoms. The summed E-state index contributed by atoms with van der Waals surface area (Å²) in [5.74, 6) is 0.634. The van der Waals surface area contributed by atoms with Gasteiger partial charge in [-0.3, -0.25) is 0 Å². The Morgan fingerprint density at radius 3 is 2.88 bits per heavy atom. The number of hydrogen-bond donors (Lipinski definition) is 1. The molecule has 2 rings (SSSR count). The van der Waals surface area contributed by atoms with Gasteiger partial charge < -0.3 is 10.3 Å². The van der Waals surface area contributed by atoms with Crippen molar-refractivity contribution in [2.24, 2.45) is 0 Å². The Kier molecular flexibility index (Phi) is 3.36. The minimum absolute atomic E-state index is 0.418. The average molecular weight is 231 g/mol. The molecule has 0 saturated carbocycles. The van der Waals surface area contributed by atoms with Gasteiger partial charge in [-0.05, 0) is 38.0 Å². The van der Waals surface area contributed by atoms with Gasteiger partial charge in [-0.1, -0.05) is 25.8 Å². The molecule has 2 aromatic rings. The lowest BCUT2D eigenvalue weighted by Crippen LogP contribution is -2.08. The van der Waals surface area contributed by atoms with E-state index in [0.29, 0.717) is 12.0 Å². The second-order valence-electron chi connectivity index (χ2n) is 4.82. The summed E-state index contributed by atoms with van der Waals surface area (Å²) in [5, 5.41) is 0. The normalized spacial score (nSPS) is 13.1. The number of nitrogen functional groups attached to an aromatic ring is 1. The highest BCUT2D eigenvalue weighted by atomic mass is 15.2. The summed E-state index contributed by atoms with van der Waals surface area (Å²) in [7, 11) is 0. The van der Waals surface area contributed by atoms with Crippen LogP contribution in [0.15, 0.2) is 18.2 Å². The van der Waals surface area contributed by atoms with Crippen LogP contribution in [0.5, 0.6) is 0 Å². The van der Waals surface area contributed by atoms with Crippen molar-refractivity contribution in [1.82, 2.24) is 9.55 Å². The fourth-order valence-corrected chi connectivity index (χ4v) is 2.31. The van der Waals surface area contributed by atoms with Crippen molar-refractivity contribution in [3.05, 3.63) is 23.8 Å². The molecule has 1 aromatic carbocycles. The smallest absolute Gasteiger partial charge is 0.201 e. The van der Waals surface area contributed by atoms with Gasteiger partial charge in [-0.25, -0.2) is 4.98 Å². The number of imidazole rings is 1. The molecule has 3 heteroatoms. The number of hydrogen-bond acceptors (Lipinski definition) is 2. The SMILES string of the molecule is CCCCC(C)n1c(N)nc2ccc(C)cc21. The lowest BCUT2D eigenvalue weighted by atomic mass is 10.1. The van der Waals surface area contributed by atoms with Crippen LogP contribution in [0.1, 0.15) is 44.7 Å². The number of unbranched alkanes of at least 4 members (excludes halogenated alkanes) is 1. The fraction of sp³-hybridized carbons (Fsp3) is 0.500. The third-order valence-electron chi connectivity index (χ3n) is 3.29. The van der Waals surface area contributed by atoms with Crippen LogP contribution in [0.3, 0.4) is 0 Å². The molecule has 0 aliphatic carbocycles. The molecular weight excluding hydrogens is 210 g/mol. The molecule has 0 saturated heterocycles. The Morgan fingerprint density at radius 1 is 1.41 bits per heavy atom. The summed E-state index contributed by atoms with van der Waals surface area (Å²) in [6.07, 6.45) is 3.60. The molecule has 1 heterocycles. The number of nitrogens with zero attached hydrogens (tertiary/aromatic N) is 2. The van der Waals surface area contributed by atoms with Crippen LogP contribution < -0.4 is 5.73 Å². The lowest BCUT2D eigenvalue weighted by Gasteiger charge is -2.15. The van der Waals surface area contributed by atoms with Crippen molar-refractivity contribution in [3.8, 4) is 0 Å². The third kappa shape index (κ3) is 2.28. The summed E-state index contributed by atoms with van der Waals surface area (Å²) in [6.45, 7) is 6.53. The van der Waals surface area contributed by atoms with Gasteiger partial charge in [-0.15, -0.1) is 0 Å². The first-order valence-corrected chi connectivity index (χ1v) is 6.37. The van der Waals surface area contributed by atoms with E-state index in [0.717, 1.165) is 17.5 Å². The standard InChI is InChI=1S/C14H21N3/c1-4-5-6-11(3)17-13-9-10(2)7-8-12(13)16-14(17)15/h7-9,11H,4-6H2,1-3H3,(H2,15,16). The zero-order valence-electron chi connectivity index (χ0n) is 10.9. The molecule has 1 unspecified atom stereocenters. The van der Waals surface area contributed by atoms with Crippen molar-refractivity contribution >= 4 is 17.0 Å². The Labute approximate surface area is 103 Å². The topological polar surface area (TPSA) is 43.8 Å². The van der Waals surface area contributed by atoms with Crippen molar-refractivity contribution in [2.45, 2.75) is 46.1 Å². The maximum absolute atomic E-state index is 6.03. The average Bonchev–Trinajstić information content (AvgIpc) is 2.61. The quantitative estimate of drug-likeness (QED) is 0.872. The van der Waals surface area contributed by atoms with Crippen LogP contribution in [-0.2, 0) is 0 Å². The van der Waals surface area contributed by atoms with Crippen LogP contribution in [-0.4, -0.2) is 9.55 Å². The summed E-state index contributed by atoms with van der Waals surface area (Å²) in [4.78, 5) is 4.42. The molecule has 0 bridgehead atoms. The number of aromatic nitrogens is 2. The number of nitrogens with two attached hydrogens (primary N) is 1. The first kappa shape index (κ1) is 12.0. The summed E-state index contributed by atoms with van der Waals surface area (Å²) in [5.41, 5.74) is 9.43. The van der Waals surface area contributed by atoms with E-state index in [1.165, 1.54) is 18.4 Å². The summed E-state index contributed by atoms with van der Waals surface area (Å²) in [6, 6.07) is 6.71. The van der Waals surface area contributed by atoms with Crippen molar-refractivity contribution < 1.29 is 0 Å². The fourth-order valence-electron chi connectivity index (χ4n) is 2.31. The van der Waals surface area contributed by atoms with Crippen LogP contribution in [0.4, 0.5) is 5.95 Å². The Bertz CT molecular complexity index is 513. The highest BCUT2D eigenvalue weighted by molar-refractivity contribution is 5.79. The van der Waals surface area contributed by atoms with Crippen molar-refractivity contribution in [1.29, 1.82) is 0 Å². The van der Waals surface area contributed by atoms with Gasteiger partial charge >= 0.3 is 0 Å². The lowest BCUT2D eigenvalue weighted by molar-refractivity contribution is 0.501.